The molecule has 0 N–H and O–H groups in total. The molecule has 6 heteroatoms. The van der Waals surface area contributed by atoms with Crippen LogP contribution in [0.1, 0.15) is 34.6 Å². The molecule has 116 valence electrons. The van der Waals surface area contributed by atoms with Gasteiger partial charge in [0.15, 0.2) is 17.9 Å². The summed E-state index contributed by atoms with van der Waals surface area (Å²) in [5, 5.41) is 0. The van der Waals surface area contributed by atoms with Gasteiger partial charge in [-0.05, 0) is 34.6 Å². The van der Waals surface area contributed by atoms with Gasteiger partial charge in [0, 0.05) is 6.61 Å². The highest BCUT2D eigenvalue weighted by Crippen LogP contribution is 2.42. The van der Waals surface area contributed by atoms with Crippen molar-refractivity contribution in [2.45, 2.75) is 76.9 Å². The molecule has 6 nitrogen and oxygen atoms in total. The van der Waals surface area contributed by atoms with Crippen LogP contribution in [0.5, 0.6) is 0 Å². The van der Waals surface area contributed by atoms with Crippen LogP contribution >= 0.6 is 0 Å². The number of fused-ring (bicyclic) bond motifs is 1. The maximum Gasteiger partial charge on any atom is 0.187 e. The Hall–Kier alpha value is -0.240. The molecule has 3 aliphatic heterocycles. The lowest BCUT2D eigenvalue weighted by molar-refractivity contribution is -0.246. The van der Waals surface area contributed by atoms with Crippen LogP contribution in [0.15, 0.2) is 0 Å². The molecule has 3 fully saturated rings. The van der Waals surface area contributed by atoms with Crippen LogP contribution in [0, 0.1) is 0 Å². The van der Waals surface area contributed by atoms with E-state index in [9.17, 15) is 0 Å². The summed E-state index contributed by atoms with van der Waals surface area (Å²) in [5.41, 5.74) is 0. The zero-order valence-corrected chi connectivity index (χ0v) is 12.8. The summed E-state index contributed by atoms with van der Waals surface area (Å²) >= 11 is 0. The monoisotopic (exact) mass is 288 g/mol. The van der Waals surface area contributed by atoms with Crippen molar-refractivity contribution in [3.05, 3.63) is 0 Å². The Morgan fingerprint density at radius 2 is 1.65 bits per heavy atom. The van der Waals surface area contributed by atoms with Crippen molar-refractivity contribution >= 4 is 0 Å². The average Bonchev–Trinajstić information content (AvgIpc) is 2.92. The largest absolute Gasteiger partial charge is 0.350 e. The molecule has 3 saturated heterocycles. The summed E-state index contributed by atoms with van der Waals surface area (Å²) in [5.74, 6) is -1.20. The first-order chi connectivity index (χ1) is 9.31. The van der Waals surface area contributed by atoms with Crippen LogP contribution < -0.4 is 0 Å². The third-order valence-electron chi connectivity index (χ3n) is 3.77. The first-order valence-corrected chi connectivity index (χ1v) is 7.26. The first kappa shape index (κ1) is 14.7. The Morgan fingerprint density at radius 1 is 0.950 bits per heavy atom. The standard InChI is InChI=1S/C14H24O6/c1-6-15-12-11-10(19-14(4,5)20-11)9(17-12)8-7-16-13(2,3)18-8/h8-12H,6-7H2,1-5H3/t8-,9-,10+,11+,12+/m1/s1. The van der Waals surface area contributed by atoms with E-state index in [0.29, 0.717) is 13.2 Å². The predicted octanol–water partition coefficient (Wildman–Crippen LogP) is 1.42. The zero-order valence-electron chi connectivity index (χ0n) is 12.8. The Bertz CT molecular complexity index is 369. The van der Waals surface area contributed by atoms with Gasteiger partial charge in [0.25, 0.3) is 0 Å². The van der Waals surface area contributed by atoms with Crippen molar-refractivity contribution < 1.29 is 28.4 Å². The third-order valence-corrected chi connectivity index (χ3v) is 3.77. The summed E-state index contributed by atoms with van der Waals surface area (Å²) < 4.78 is 35.0. The molecule has 0 aromatic heterocycles. The summed E-state index contributed by atoms with van der Waals surface area (Å²) in [6.45, 7) is 10.6. The molecule has 0 aliphatic carbocycles. The second-order valence-electron chi connectivity index (χ2n) is 6.36. The lowest BCUT2D eigenvalue weighted by Crippen LogP contribution is -2.40. The van der Waals surface area contributed by atoms with Gasteiger partial charge in [0.05, 0.1) is 6.61 Å². The maximum absolute atomic E-state index is 5.98. The Morgan fingerprint density at radius 3 is 2.25 bits per heavy atom. The molecule has 0 saturated carbocycles. The molecular weight excluding hydrogens is 264 g/mol. The van der Waals surface area contributed by atoms with Gasteiger partial charge in [-0.15, -0.1) is 0 Å². The second-order valence-corrected chi connectivity index (χ2v) is 6.36. The van der Waals surface area contributed by atoms with Crippen molar-refractivity contribution in [2.24, 2.45) is 0 Å². The molecule has 3 aliphatic rings. The quantitative estimate of drug-likeness (QED) is 0.783. The Balaban J connectivity index is 1.75. The number of ether oxygens (including phenoxy) is 6. The van der Waals surface area contributed by atoms with Crippen molar-refractivity contribution in [1.82, 2.24) is 0 Å². The van der Waals surface area contributed by atoms with E-state index in [1.54, 1.807) is 0 Å². The molecular formula is C14H24O6. The molecule has 0 spiro atoms. The average molecular weight is 288 g/mol. The molecule has 0 amide bonds. The normalized spacial score (nSPS) is 45.8. The minimum Gasteiger partial charge on any atom is -0.350 e. The lowest BCUT2D eigenvalue weighted by atomic mass is 10.1. The zero-order chi connectivity index (χ0) is 14.5. The summed E-state index contributed by atoms with van der Waals surface area (Å²) in [6.07, 6.45) is -1.23. The van der Waals surface area contributed by atoms with Crippen LogP contribution in [0.3, 0.4) is 0 Å². The maximum atomic E-state index is 5.98. The lowest BCUT2D eigenvalue weighted by Gasteiger charge is -2.26. The summed E-state index contributed by atoms with van der Waals surface area (Å²) in [7, 11) is 0. The predicted molar refractivity (Wildman–Crippen MR) is 69.0 cm³/mol. The SMILES string of the molecule is CCO[C@H]1O[C@H]([C@H]2COC(C)(C)O2)[C@@H]2OC(C)(C)O[C@H]12. The van der Waals surface area contributed by atoms with E-state index in [2.05, 4.69) is 0 Å². The molecule has 0 radical (unpaired) electrons. The van der Waals surface area contributed by atoms with E-state index in [1.807, 2.05) is 34.6 Å². The van der Waals surface area contributed by atoms with Crippen LogP contribution in [-0.2, 0) is 28.4 Å². The number of rotatable bonds is 3. The van der Waals surface area contributed by atoms with E-state index >= 15 is 0 Å². The third kappa shape index (κ3) is 2.61. The van der Waals surface area contributed by atoms with E-state index in [0.717, 1.165) is 0 Å². The van der Waals surface area contributed by atoms with Gasteiger partial charge in [-0.2, -0.15) is 0 Å². The molecule has 20 heavy (non-hydrogen) atoms. The van der Waals surface area contributed by atoms with Crippen molar-refractivity contribution in [1.29, 1.82) is 0 Å². The molecule has 0 aromatic carbocycles. The highest BCUT2D eigenvalue weighted by molar-refractivity contribution is 4.99. The number of hydrogen-bond donors (Lipinski definition) is 0. The highest BCUT2D eigenvalue weighted by Gasteiger charge is 2.59. The van der Waals surface area contributed by atoms with Crippen LogP contribution in [0.25, 0.3) is 0 Å². The summed E-state index contributed by atoms with van der Waals surface area (Å²) in [6, 6.07) is 0. The van der Waals surface area contributed by atoms with Gasteiger partial charge >= 0.3 is 0 Å². The van der Waals surface area contributed by atoms with E-state index in [1.165, 1.54) is 0 Å². The van der Waals surface area contributed by atoms with Crippen molar-refractivity contribution in [2.75, 3.05) is 13.2 Å². The van der Waals surface area contributed by atoms with Crippen LogP contribution in [-0.4, -0.2) is 55.5 Å². The van der Waals surface area contributed by atoms with Crippen molar-refractivity contribution in [3.8, 4) is 0 Å². The first-order valence-electron chi connectivity index (χ1n) is 7.26. The Kier molecular flexibility index (Phi) is 3.60. The van der Waals surface area contributed by atoms with Crippen molar-refractivity contribution in [3.63, 3.8) is 0 Å². The topological polar surface area (TPSA) is 55.4 Å². The fraction of sp³-hybridized carbons (Fsp3) is 1.00. The van der Waals surface area contributed by atoms with Gasteiger partial charge in [0.2, 0.25) is 0 Å². The van der Waals surface area contributed by atoms with Crippen LogP contribution in [0.4, 0.5) is 0 Å². The minimum absolute atomic E-state index is 0.166. The smallest absolute Gasteiger partial charge is 0.187 e. The van der Waals surface area contributed by atoms with Gasteiger partial charge in [-0.1, -0.05) is 0 Å². The van der Waals surface area contributed by atoms with E-state index < -0.39 is 17.9 Å². The van der Waals surface area contributed by atoms with E-state index in [-0.39, 0.29) is 24.4 Å². The second kappa shape index (κ2) is 4.90. The minimum atomic E-state index is -0.623. The fourth-order valence-corrected chi connectivity index (χ4v) is 3.07. The Labute approximate surface area is 119 Å². The molecule has 0 bridgehead atoms. The van der Waals surface area contributed by atoms with E-state index in [4.69, 9.17) is 28.4 Å². The fourth-order valence-electron chi connectivity index (χ4n) is 3.07. The van der Waals surface area contributed by atoms with Gasteiger partial charge in [-0.25, -0.2) is 0 Å². The highest BCUT2D eigenvalue weighted by atomic mass is 16.8. The van der Waals surface area contributed by atoms with Crippen LogP contribution in [0.2, 0.25) is 0 Å². The molecule has 5 atom stereocenters. The molecule has 3 heterocycles. The van der Waals surface area contributed by atoms with Gasteiger partial charge in [0.1, 0.15) is 24.4 Å². The van der Waals surface area contributed by atoms with Gasteiger partial charge < -0.3 is 28.4 Å². The molecule has 3 rings (SSSR count). The molecule has 0 aromatic rings. The summed E-state index contributed by atoms with van der Waals surface area (Å²) in [4.78, 5) is 0. The van der Waals surface area contributed by atoms with Gasteiger partial charge in [-0.3, -0.25) is 0 Å². The number of hydrogen-bond acceptors (Lipinski definition) is 6. The molecule has 0 unspecified atom stereocenters.